The number of halogens is 1. The fourth-order valence-electron chi connectivity index (χ4n) is 1.79. The number of aromatic nitrogens is 1. The number of carbonyl (C=O) groups excluding carboxylic acids is 1. The van der Waals surface area contributed by atoms with Crippen molar-refractivity contribution in [2.75, 3.05) is 21.3 Å². The molecular weight excluding hydrogens is 302 g/mol. The molecule has 0 aliphatic rings. The number of carbonyl (C=O) groups is 1. The number of nitrogens with one attached hydrogen (secondary N) is 1. The maximum Gasteiger partial charge on any atom is 0.354 e. The second kappa shape index (κ2) is 4.89. The van der Waals surface area contributed by atoms with E-state index >= 15 is 0 Å². The predicted octanol–water partition coefficient (Wildman–Crippen LogP) is 2.73. The van der Waals surface area contributed by atoms with Crippen molar-refractivity contribution in [3.8, 4) is 11.5 Å². The zero-order valence-electron chi connectivity index (χ0n) is 10.2. The molecule has 1 heterocycles. The summed E-state index contributed by atoms with van der Waals surface area (Å²) in [5.74, 6) is 0.816. The van der Waals surface area contributed by atoms with E-state index in [9.17, 15) is 4.79 Å². The summed E-state index contributed by atoms with van der Waals surface area (Å²) in [6.45, 7) is 0. The smallest absolute Gasteiger partial charge is 0.354 e. The van der Waals surface area contributed by atoms with Crippen LogP contribution in [-0.2, 0) is 4.74 Å². The van der Waals surface area contributed by atoms with Crippen molar-refractivity contribution in [1.29, 1.82) is 0 Å². The third-order valence-corrected chi connectivity index (χ3v) is 3.20. The van der Waals surface area contributed by atoms with E-state index in [1.165, 1.54) is 7.11 Å². The first-order chi connectivity index (χ1) is 8.62. The van der Waals surface area contributed by atoms with Gasteiger partial charge in [0.2, 0.25) is 0 Å². The number of benzene rings is 1. The van der Waals surface area contributed by atoms with Crippen LogP contribution in [0.2, 0.25) is 0 Å². The van der Waals surface area contributed by atoms with E-state index in [2.05, 4.69) is 25.7 Å². The molecule has 0 aliphatic heterocycles. The number of fused-ring (bicyclic) bond motifs is 1. The van der Waals surface area contributed by atoms with Gasteiger partial charge in [-0.3, -0.25) is 0 Å². The lowest BCUT2D eigenvalue weighted by molar-refractivity contribution is 0.0595. The monoisotopic (exact) mass is 313 g/mol. The number of hydrogen-bond acceptors (Lipinski definition) is 4. The minimum Gasteiger partial charge on any atom is -0.496 e. The van der Waals surface area contributed by atoms with E-state index in [1.54, 1.807) is 26.4 Å². The van der Waals surface area contributed by atoms with Gasteiger partial charge in [-0.1, -0.05) is 0 Å². The SMILES string of the molecule is COC(=O)c1cc2c(OC)cc(Br)c(OC)c2[nH]1. The van der Waals surface area contributed by atoms with Crippen molar-refractivity contribution in [2.45, 2.75) is 0 Å². The van der Waals surface area contributed by atoms with Crippen LogP contribution in [0.15, 0.2) is 16.6 Å². The molecule has 6 heteroatoms. The van der Waals surface area contributed by atoms with Crippen LogP contribution >= 0.6 is 15.9 Å². The van der Waals surface area contributed by atoms with Gasteiger partial charge in [0.25, 0.3) is 0 Å². The molecule has 0 aliphatic carbocycles. The van der Waals surface area contributed by atoms with Crippen molar-refractivity contribution in [3.05, 3.63) is 22.3 Å². The Morgan fingerprint density at radius 3 is 2.50 bits per heavy atom. The summed E-state index contributed by atoms with van der Waals surface area (Å²) in [7, 11) is 4.46. The van der Waals surface area contributed by atoms with E-state index < -0.39 is 5.97 Å². The summed E-state index contributed by atoms with van der Waals surface area (Å²) in [6.07, 6.45) is 0. The van der Waals surface area contributed by atoms with E-state index in [0.29, 0.717) is 22.7 Å². The molecule has 1 aromatic heterocycles. The van der Waals surface area contributed by atoms with Crippen LogP contribution in [-0.4, -0.2) is 32.3 Å². The predicted molar refractivity (Wildman–Crippen MR) is 70.4 cm³/mol. The van der Waals surface area contributed by atoms with Crippen LogP contribution in [0.3, 0.4) is 0 Å². The fourth-order valence-corrected chi connectivity index (χ4v) is 2.36. The van der Waals surface area contributed by atoms with Gasteiger partial charge in [0.1, 0.15) is 11.4 Å². The molecule has 0 bridgehead atoms. The number of esters is 1. The van der Waals surface area contributed by atoms with E-state index in [4.69, 9.17) is 9.47 Å². The second-order valence-electron chi connectivity index (χ2n) is 3.56. The highest BCUT2D eigenvalue weighted by atomic mass is 79.9. The normalized spacial score (nSPS) is 10.4. The fraction of sp³-hybridized carbons (Fsp3) is 0.250. The lowest BCUT2D eigenvalue weighted by atomic mass is 10.2. The molecule has 2 aromatic rings. The van der Waals surface area contributed by atoms with Crippen molar-refractivity contribution >= 4 is 32.8 Å². The molecule has 2 rings (SSSR count). The largest absolute Gasteiger partial charge is 0.496 e. The van der Waals surface area contributed by atoms with Crippen molar-refractivity contribution in [2.24, 2.45) is 0 Å². The average molecular weight is 314 g/mol. The summed E-state index contributed by atoms with van der Waals surface area (Å²) in [4.78, 5) is 14.5. The first kappa shape index (κ1) is 12.8. The summed E-state index contributed by atoms with van der Waals surface area (Å²) in [5, 5.41) is 0.762. The van der Waals surface area contributed by atoms with Gasteiger partial charge < -0.3 is 19.2 Å². The van der Waals surface area contributed by atoms with E-state index in [0.717, 1.165) is 9.86 Å². The molecule has 1 aromatic carbocycles. The molecule has 0 atom stereocenters. The molecular formula is C12H12BrNO4. The Hall–Kier alpha value is -1.69. The number of aromatic amines is 1. The first-order valence-corrected chi connectivity index (χ1v) is 5.93. The maximum absolute atomic E-state index is 11.5. The molecule has 96 valence electrons. The van der Waals surface area contributed by atoms with Crippen molar-refractivity contribution in [3.63, 3.8) is 0 Å². The van der Waals surface area contributed by atoms with Crippen LogP contribution in [0.25, 0.3) is 10.9 Å². The second-order valence-corrected chi connectivity index (χ2v) is 4.41. The Kier molecular flexibility index (Phi) is 3.47. The summed E-state index contributed by atoms with van der Waals surface area (Å²) in [6, 6.07) is 3.46. The first-order valence-electron chi connectivity index (χ1n) is 5.13. The van der Waals surface area contributed by atoms with E-state index in [-0.39, 0.29) is 0 Å². The van der Waals surface area contributed by atoms with Crippen molar-refractivity contribution < 1.29 is 19.0 Å². The molecule has 0 radical (unpaired) electrons. The molecule has 5 nitrogen and oxygen atoms in total. The average Bonchev–Trinajstić information content (AvgIpc) is 2.81. The van der Waals surface area contributed by atoms with Gasteiger partial charge in [-0.05, 0) is 28.1 Å². The number of H-pyrrole nitrogens is 1. The number of methoxy groups -OCH3 is 3. The standard InChI is InChI=1S/C12H12BrNO4/c1-16-9-5-7(13)11(17-2)10-6(9)4-8(14-10)12(15)18-3/h4-5,14H,1-3H3. The molecule has 0 saturated heterocycles. The van der Waals surface area contributed by atoms with Crippen molar-refractivity contribution in [1.82, 2.24) is 4.98 Å². The Bertz CT molecular complexity index is 606. The highest BCUT2D eigenvalue weighted by Crippen LogP contribution is 2.39. The molecule has 18 heavy (non-hydrogen) atoms. The zero-order chi connectivity index (χ0) is 13.3. The summed E-state index contributed by atoms with van der Waals surface area (Å²) in [5.41, 5.74) is 1.03. The summed E-state index contributed by atoms with van der Waals surface area (Å²) < 4.78 is 16.0. The van der Waals surface area contributed by atoms with Gasteiger partial charge in [-0.2, -0.15) is 0 Å². The van der Waals surface area contributed by atoms with Crippen LogP contribution in [0.5, 0.6) is 11.5 Å². The molecule has 0 fully saturated rings. The van der Waals surface area contributed by atoms with E-state index in [1.807, 2.05) is 0 Å². The molecule has 0 spiro atoms. The van der Waals surface area contributed by atoms with Gasteiger partial charge in [0, 0.05) is 5.39 Å². The lowest BCUT2D eigenvalue weighted by Crippen LogP contribution is -2.00. The summed E-state index contributed by atoms with van der Waals surface area (Å²) >= 11 is 3.39. The molecule has 0 amide bonds. The zero-order valence-corrected chi connectivity index (χ0v) is 11.8. The minimum absolute atomic E-state index is 0.349. The number of hydrogen-bond donors (Lipinski definition) is 1. The highest BCUT2D eigenvalue weighted by molar-refractivity contribution is 9.10. The molecule has 0 unspecified atom stereocenters. The van der Waals surface area contributed by atoms with Gasteiger partial charge in [-0.15, -0.1) is 0 Å². The number of rotatable bonds is 3. The third-order valence-electron chi connectivity index (χ3n) is 2.61. The van der Waals surface area contributed by atoms with Gasteiger partial charge >= 0.3 is 5.97 Å². The molecule has 1 N–H and O–H groups in total. The highest BCUT2D eigenvalue weighted by Gasteiger charge is 2.18. The Morgan fingerprint density at radius 1 is 1.22 bits per heavy atom. The maximum atomic E-state index is 11.5. The topological polar surface area (TPSA) is 60.6 Å². The quantitative estimate of drug-likeness (QED) is 0.885. The van der Waals surface area contributed by atoms with Gasteiger partial charge in [0.05, 0.1) is 31.3 Å². The Labute approximate surface area is 112 Å². The Balaban J connectivity index is 2.75. The van der Waals surface area contributed by atoms with Crippen LogP contribution in [0.1, 0.15) is 10.5 Å². The molecule has 0 saturated carbocycles. The van der Waals surface area contributed by atoms with Crippen LogP contribution in [0.4, 0.5) is 0 Å². The van der Waals surface area contributed by atoms with Gasteiger partial charge in [-0.25, -0.2) is 4.79 Å². The van der Waals surface area contributed by atoms with Crippen LogP contribution < -0.4 is 9.47 Å². The van der Waals surface area contributed by atoms with Crippen LogP contribution in [0, 0.1) is 0 Å². The van der Waals surface area contributed by atoms with Gasteiger partial charge in [0.15, 0.2) is 5.75 Å². The lowest BCUT2D eigenvalue weighted by Gasteiger charge is -2.08. The minimum atomic E-state index is -0.438. The Morgan fingerprint density at radius 2 is 1.94 bits per heavy atom. The number of ether oxygens (including phenoxy) is 3. The third kappa shape index (κ3) is 1.92.